The minimum atomic E-state index is -1.48. The zero-order valence-electron chi connectivity index (χ0n) is 31.1. The molecule has 0 fully saturated rings. The van der Waals surface area contributed by atoms with Gasteiger partial charge in [-0.2, -0.15) is 21.9 Å². The summed E-state index contributed by atoms with van der Waals surface area (Å²) in [4.78, 5) is 0. The summed E-state index contributed by atoms with van der Waals surface area (Å²) in [6.07, 6.45) is -1.48. The molecule has 0 saturated heterocycles. The van der Waals surface area contributed by atoms with Gasteiger partial charge in [-0.1, -0.05) is 121 Å². The van der Waals surface area contributed by atoms with Gasteiger partial charge in [-0.25, -0.2) is 0 Å². The second-order valence-electron chi connectivity index (χ2n) is 14.6. The van der Waals surface area contributed by atoms with Crippen molar-refractivity contribution in [3.8, 4) is 0 Å². The predicted molar refractivity (Wildman–Crippen MR) is 214 cm³/mol. The fourth-order valence-electron chi connectivity index (χ4n) is 9.43. The molecule has 5 rings (SSSR count). The molecule has 46 heavy (non-hydrogen) atoms. The van der Waals surface area contributed by atoms with Crippen LogP contribution in [0.1, 0.15) is 77.9 Å². The second-order valence-corrected chi connectivity index (χ2v) is 15.4. The molecule has 0 aliphatic heterocycles. The van der Waals surface area contributed by atoms with Crippen LogP contribution >= 0.6 is 9.24 Å². The summed E-state index contributed by atoms with van der Waals surface area (Å²) in [7, 11) is 1.93. The van der Waals surface area contributed by atoms with Gasteiger partial charge in [-0.3, -0.25) is 0 Å². The molecule has 0 radical (unpaired) electrons. The molecular formula is C44H56BP. The van der Waals surface area contributed by atoms with E-state index in [1.165, 1.54) is 105 Å². The summed E-state index contributed by atoms with van der Waals surface area (Å²) in [5, 5.41) is 1.38. The van der Waals surface area contributed by atoms with Crippen molar-refractivity contribution in [2.75, 3.05) is 0 Å². The Morgan fingerprint density at radius 2 is 0.457 bits per heavy atom. The van der Waals surface area contributed by atoms with E-state index in [9.17, 15) is 0 Å². The van der Waals surface area contributed by atoms with E-state index < -0.39 is 6.15 Å². The van der Waals surface area contributed by atoms with E-state index in [0.717, 1.165) is 0 Å². The fourth-order valence-corrected chi connectivity index (χ4v) is 10.1. The van der Waals surface area contributed by atoms with Crippen molar-refractivity contribution in [2.45, 2.75) is 96.9 Å². The molecule has 0 spiro atoms. The molecule has 0 aromatic heterocycles. The third kappa shape index (κ3) is 6.82. The number of aryl methyl sites for hydroxylation is 14. The summed E-state index contributed by atoms with van der Waals surface area (Å²) in [6, 6.07) is 25.8. The van der Waals surface area contributed by atoms with Crippen molar-refractivity contribution in [1.29, 1.82) is 0 Å². The Labute approximate surface area is 283 Å². The Morgan fingerprint density at radius 1 is 0.283 bits per heavy atom. The lowest BCUT2D eigenvalue weighted by atomic mass is 9.10. The maximum Gasteiger partial charge on any atom is 0.110 e. The zero-order valence-corrected chi connectivity index (χ0v) is 32.5. The van der Waals surface area contributed by atoms with Gasteiger partial charge >= 0.3 is 0 Å². The first-order valence-corrected chi connectivity index (χ1v) is 17.6. The van der Waals surface area contributed by atoms with E-state index >= 15 is 0 Å². The lowest BCUT2D eigenvalue weighted by molar-refractivity contribution is 1.30. The van der Waals surface area contributed by atoms with Gasteiger partial charge in [0, 0.05) is 9.24 Å². The first-order valence-electron chi connectivity index (χ1n) is 16.9. The van der Waals surface area contributed by atoms with E-state index in [-0.39, 0.29) is 0 Å². The highest BCUT2D eigenvalue weighted by molar-refractivity contribution is 7.27. The van der Waals surface area contributed by atoms with Crippen LogP contribution < -0.4 is 27.2 Å². The highest BCUT2D eigenvalue weighted by Gasteiger charge is 2.39. The van der Waals surface area contributed by atoms with Gasteiger partial charge in [0.1, 0.15) is 6.15 Å². The molecule has 0 nitrogen and oxygen atoms in total. The van der Waals surface area contributed by atoms with E-state index in [1.807, 2.05) is 9.24 Å². The smallest absolute Gasteiger partial charge is 0.110 e. The monoisotopic (exact) mass is 626 g/mol. The molecule has 0 aliphatic carbocycles. The average Bonchev–Trinajstić information content (AvgIpc) is 2.85. The number of hydrogen-bond acceptors (Lipinski definition) is 0. The van der Waals surface area contributed by atoms with Crippen LogP contribution in [0.5, 0.6) is 0 Å². The molecule has 0 saturated carbocycles. The summed E-state index contributed by atoms with van der Waals surface area (Å²) in [6.45, 7) is 31.9. The Kier molecular flexibility index (Phi) is 10.6. The SMILES string of the molecule is Cc1cc(C)c([B-](c2c(C)cc(C)cc2C)(c2c(C)cc(C)cc2C)c2c(C)cc(C)cc2C)c(C)c1.Cc1cc(C)cc([PH3+])c1. The molecular weight excluding hydrogens is 570 g/mol. The Balaban J connectivity index is 0.000000459. The second kappa shape index (κ2) is 13.8. The molecule has 1 unspecified atom stereocenters. The fraction of sp³-hybridized carbons (Fsp3) is 0.318. The average molecular weight is 627 g/mol. The van der Waals surface area contributed by atoms with Crippen LogP contribution in [0.2, 0.25) is 0 Å². The molecule has 2 heteroatoms. The van der Waals surface area contributed by atoms with E-state index in [1.54, 1.807) is 0 Å². The lowest BCUT2D eigenvalue weighted by Crippen LogP contribution is -2.78. The van der Waals surface area contributed by atoms with Crippen molar-refractivity contribution in [2.24, 2.45) is 0 Å². The molecule has 0 amide bonds. The normalized spacial score (nSPS) is 11.4. The van der Waals surface area contributed by atoms with E-state index in [4.69, 9.17) is 0 Å². The highest BCUT2D eigenvalue weighted by Crippen LogP contribution is 2.25. The number of rotatable bonds is 4. The van der Waals surface area contributed by atoms with E-state index in [2.05, 4.69) is 164 Å². The van der Waals surface area contributed by atoms with Crippen LogP contribution in [-0.2, 0) is 0 Å². The predicted octanol–water partition coefficient (Wildman–Crippen LogP) is 8.30. The standard InChI is InChI=1S/C36H44B.C8H11P/c1-21-13-25(5)33(26(6)14-21)37(34-27(7)15-22(2)16-28(34)8,35-29(9)17-23(3)18-30(35)10)36-31(11)19-24(4)20-32(36)12;1-6-3-7(2)5-8(9)4-6/h13-20H,1-12H3;3-5H,9H2,1-2H3/q-1;/p+1. The van der Waals surface area contributed by atoms with Gasteiger partial charge in [0.15, 0.2) is 0 Å². The minimum absolute atomic E-state index is 1.33. The number of benzene rings is 5. The summed E-state index contributed by atoms with van der Waals surface area (Å²) >= 11 is 0. The molecule has 0 aliphatic rings. The first-order chi connectivity index (χ1) is 21.5. The Hall–Kier alpha value is -3.41. The highest BCUT2D eigenvalue weighted by atomic mass is 31.0. The van der Waals surface area contributed by atoms with Crippen LogP contribution in [0.3, 0.4) is 0 Å². The summed E-state index contributed by atoms with van der Waals surface area (Å²) in [5.41, 5.74) is 25.1. The number of hydrogen-bond donors (Lipinski definition) is 0. The maximum atomic E-state index is 2.40. The molecule has 0 bridgehead atoms. The summed E-state index contributed by atoms with van der Waals surface area (Å²) in [5.74, 6) is 0. The minimum Gasteiger partial charge on any atom is -0.189 e. The molecule has 0 N–H and O–H groups in total. The molecule has 5 aromatic rings. The van der Waals surface area contributed by atoms with Crippen molar-refractivity contribution in [3.63, 3.8) is 0 Å². The van der Waals surface area contributed by atoms with Crippen LogP contribution in [0.15, 0.2) is 66.7 Å². The third-order valence-electron chi connectivity index (χ3n) is 9.97. The lowest BCUT2D eigenvalue weighted by Gasteiger charge is -2.51. The van der Waals surface area contributed by atoms with Gasteiger partial charge in [0.2, 0.25) is 0 Å². The van der Waals surface area contributed by atoms with Crippen LogP contribution in [0, 0.1) is 96.9 Å². The molecule has 0 heterocycles. The molecule has 5 aromatic carbocycles. The topological polar surface area (TPSA) is 0 Å². The first kappa shape index (κ1) is 35.4. The van der Waals surface area contributed by atoms with Crippen molar-refractivity contribution in [1.82, 2.24) is 0 Å². The van der Waals surface area contributed by atoms with Gasteiger partial charge < -0.3 is 0 Å². The molecule has 240 valence electrons. The van der Waals surface area contributed by atoms with Crippen molar-refractivity contribution < 1.29 is 0 Å². The van der Waals surface area contributed by atoms with Gasteiger partial charge in [0.25, 0.3) is 0 Å². The van der Waals surface area contributed by atoms with Crippen molar-refractivity contribution >= 4 is 42.5 Å². The Morgan fingerprint density at radius 3 is 0.630 bits per heavy atom. The van der Waals surface area contributed by atoms with Crippen molar-refractivity contribution in [3.05, 3.63) is 145 Å². The summed E-state index contributed by atoms with van der Waals surface area (Å²) < 4.78 is 0. The van der Waals surface area contributed by atoms with E-state index in [0.29, 0.717) is 0 Å². The van der Waals surface area contributed by atoms with Gasteiger partial charge in [0.05, 0.1) is 5.30 Å². The quantitative estimate of drug-likeness (QED) is 0.139. The third-order valence-corrected chi connectivity index (χ3v) is 10.4. The maximum absolute atomic E-state index is 2.40. The van der Waals surface area contributed by atoms with Crippen LogP contribution in [0.4, 0.5) is 0 Å². The van der Waals surface area contributed by atoms with Crippen LogP contribution in [0.25, 0.3) is 0 Å². The largest absolute Gasteiger partial charge is 0.189 e. The zero-order chi connectivity index (χ0) is 34.2. The van der Waals surface area contributed by atoms with Gasteiger partial charge in [-0.15, -0.1) is 0 Å². The van der Waals surface area contributed by atoms with Crippen LogP contribution in [-0.4, -0.2) is 6.15 Å². The molecule has 1 atom stereocenters. The van der Waals surface area contributed by atoms with Gasteiger partial charge in [-0.05, 0) is 120 Å². The Bertz CT molecular complexity index is 1560.